The van der Waals surface area contributed by atoms with Crippen LogP contribution in [0.3, 0.4) is 0 Å². The van der Waals surface area contributed by atoms with Crippen LogP contribution >= 0.6 is 28.1 Å². The predicted molar refractivity (Wildman–Crippen MR) is 63.8 cm³/mol. The third kappa shape index (κ3) is 1.93. The van der Waals surface area contributed by atoms with Gasteiger partial charge in [-0.3, -0.25) is 0 Å². The van der Waals surface area contributed by atoms with E-state index in [0.717, 1.165) is 15.4 Å². The van der Waals surface area contributed by atoms with Crippen LogP contribution in [0, 0.1) is 4.51 Å². The van der Waals surface area contributed by atoms with E-state index in [4.69, 9.17) is 17.3 Å². The standard InChI is InChI=1S/C10H6BrNO2S/c11-5-1-2-7-6(3-5)9(15)4-8(12-7)10(13)14/h1-4H,(H,12,15)(H,13,14). The quantitative estimate of drug-likeness (QED) is 0.789. The number of carbonyl (C=O) groups is 1. The average Bonchev–Trinajstić information content (AvgIpc) is 2.18. The maximum Gasteiger partial charge on any atom is 0.352 e. The molecule has 0 unspecified atom stereocenters. The molecule has 1 aromatic heterocycles. The van der Waals surface area contributed by atoms with Crippen molar-refractivity contribution in [2.24, 2.45) is 0 Å². The normalized spacial score (nSPS) is 10.5. The highest BCUT2D eigenvalue weighted by atomic mass is 79.9. The molecule has 1 heterocycles. The average molecular weight is 284 g/mol. The first-order valence-corrected chi connectivity index (χ1v) is 5.34. The number of hydrogen-bond donors (Lipinski definition) is 2. The molecule has 1 aromatic carbocycles. The van der Waals surface area contributed by atoms with Crippen molar-refractivity contribution in [1.29, 1.82) is 0 Å². The van der Waals surface area contributed by atoms with Gasteiger partial charge in [-0.1, -0.05) is 28.1 Å². The summed E-state index contributed by atoms with van der Waals surface area (Å²) in [6, 6.07) is 6.94. The topological polar surface area (TPSA) is 53.1 Å². The Hall–Kier alpha value is -1.20. The van der Waals surface area contributed by atoms with Gasteiger partial charge in [-0.05, 0) is 24.3 Å². The van der Waals surface area contributed by atoms with E-state index in [2.05, 4.69) is 20.9 Å². The molecule has 2 N–H and O–H groups in total. The van der Waals surface area contributed by atoms with Gasteiger partial charge in [-0.15, -0.1) is 0 Å². The fourth-order valence-corrected chi connectivity index (χ4v) is 1.98. The zero-order valence-electron chi connectivity index (χ0n) is 7.45. The largest absolute Gasteiger partial charge is 0.477 e. The van der Waals surface area contributed by atoms with Crippen molar-refractivity contribution in [2.75, 3.05) is 0 Å². The van der Waals surface area contributed by atoms with Crippen LogP contribution in [0.25, 0.3) is 10.9 Å². The van der Waals surface area contributed by atoms with Gasteiger partial charge in [-0.2, -0.15) is 0 Å². The summed E-state index contributed by atoms with van der Waals surface area (Å²) >= 11 is 8.45. The van der Waals surface area contributed by atoms with Gasteiger partial charge in [0.1, 0.15) is 5.69 Å². The lowest BCUT2D eigenvalue weighted by Gasteiger charge is -2.01. The number of nitrogens with one attached hydrogen (secondary N) is 1. The van der Waals surface area contributed by atoms with E-state index < -0.39 is 5.97 Å². The molecule has 0 aliphatic rings. The second kappa shape index (κ2) is 3.75. The Bertz CT molecular complexity index is 606. The Labute approximate surface area is 98.9 Å². The summed E-state index contributed by atoms with van der Waals surface area (Å²) in [6.45, 7) is 0. The second-order valence-corrected chi connectivity index (χ2v) is 4.40. The van der Waals surface area contributed by atoms with Crippen molar-refractivity contribution >= 4 is 45.0 Å². The third-order valence-electron chi connectivity index (χ3n) is 2.02. The number of H-pyrrole nitrogens is 1. The number of benzene rings is 1. The van der Waals surface area contributed by atoms with Gasteiger partial charge in [-0.25, -0.2) is 4.79 Å². The fraction of sp³-hybridized carbons (Fsp3) is 0. The minimum absolute atomic E-state index is 0.106. The van der Waals surface area contributed by atoms with Gasteiger partial charge in [0.05, 0.1) is 0 Å². The highest BCUT2D eigenvalue weighted by Crippen LogP contribution is 2.20. The lowest BCUT2D eigenvalue weighted by atomic mass is 10.2. The minimum atomic E-state index is -1.01. The number of halogens is 1. The molecule has 2 aromatic rings. The molecule has 0 atom stereocenters. The molecule has 0 bridgehead atoms. The highest BCUT2D eigenvalue weighted by molar-refractivity contribution is 9.10. The monoisotopic (exact) mass is 283 g/mol. The Balaban J connectivity index is 2.84. The van der Waals surface area contributed by atoms with Crippen LogP contribution in [0.5, 0.6) is 0 Å². The smallest absolute Gasteiger partial charge is 0.352 e. The number of carboxylic acids is 1. The van der Waals surface area contributed by atoms with Crippen molar-refractivity contribution in [3.05, 3.63) is 38.9 Å². The summed E-state index contributed by atoms with van der Waals surface area (Å²) in [7, 11) is 0. The van der Waals surface area contributed by atoms with Gasteiger partial charge in [0.15, 0.2) is 0 Å². The highest BCUT2D eigenvalue weighted by Gasteiger charge is 2.05. The van der Waals surface area contributed by atoms with Crippen LogP contribution in [0.4, 0.5) is 0 Å². The molecule has 0 aliphatic carbocycles. The molecule has 5 heteroatoms. The lowest BCUT2D eigenvalue weighted by Crippen LogP contribution is -2.00. The van der Waals surface area contributed by atoms with Crippen molar-refractivity contribution in [3.63, 3.8) is 0 Å². The first kappa shape index (κ1) is 10.3. The molecule has 2 rings (SSSR count). The number of carboxylic acid groups (broad SMARTS) is 1. The van der Waals surface area contributed by atoms with Crippen LogP contribution < -0.4 is 0 Å². The molecule has 0 radical (unpaired) electrons. The van der Waals surface area contributed by atoms with Crippen LogP contribution in [-0.2, 0) is 0 Å². The molecular weight excluding hydrogens is 278 g/mol. The number of aromatic carboxylic acids is 1. The second-order valence-electron chi connectivity index (χ2n) is 3.04. The summed E-state index contributed by atoms with van der Waals surface area (Å²) in [5, 5.41) is 9.67. The number of hydrogen-bond acceptors (Lipinski definition) is 2. The number of aromatic amines is 1. The Morgan fingerprint density at radius 1 is 1.40 bits per heavy atom. The zero-order chi connectivity index (χ0) is 11.0. The van der Waals surface area contributed by atoms with Gasteiger partial charge in [0, 0.05) is 19.9 Å². The SMILES string of the molecule is O=C(O)c1cc(=S)c2cc(Br)ccc2[nH]1. The van der Waals surface area contributed by atoms with E-state index >= 15 is 0 Å². The van der Waals surface area contributed by atoms with E-state index in [1.807, 2.05) is 12.1 Å². The summed E-state index contributed by atoms with van der Waals surface area (Å²) in [6.07, 6.45) is 0. The number of rotatable bonds is 1. The molecule has 3 nitrogen and oxygen atoms in total. The van der Waals surface area contributed by atoms with Gasteiger partial charge in [0.2, 0.25) is 0 Å². The Morgan fingerprint density at radius 3 is 2.80 bits per heavy atom. The fourth-order valence-electron chi connectivity index (χ4n) is 1.33. The maximum absolute atomic E-state index is 10.8. The van der Waals surface area contributed by atoms with E-state index in [-0.39, 0.29) is 5.69 Å². The minimum Gasteiger partial charge on any atom is -0.477 e. The Kier molecular flexibility index (Phi) is 2.58. The molecular formula is C10H6BrNO2S. The van der Waals surface area contributed by atoms with Gasteiger partial charge < -0.3 is 10.1 Å². The van der Waals surface area contributed by atoms with Crippen LogP contribution in [-0.4, -0.2) is 16.1 Å². The van der Waals surface area contributed by atoms with Crippen LogP contribution in [0.1, 0.15) is 10.5 Å². The maximum atomic E-state index is 10.8. The molecule has 0 amide bonds. The summed E-state index contributed by atoms with van der Waals surface area (Å²) in [5.41, 5.74) is 0.831. The third-order valence-corrected chi connectivity index (χ3v) is 2.85. The summed E-state index contributed by atoms with van der Waals surface area (Å²) in [4.78, 5) is 13.6. The molecule has 15 heavy (non-hydrogen) atoms. The molecule has 0 saturated carbocycles. The van der Waals surface area contributed by atoms with E-state index in [9.17, 15) is 4.79 Å². The summed E-state index contributed by atoms with van der Waals surface area (Å²) in [5.74, 6) is -1.01. The zero-order valence-corrected chi connectivity index (χ0v) is 9.85. The molecule has 0 aliphatic heterocycles. The van der Waals surface area contributed by atoms with Crippen LogP contribution in [0.15, 0.2) is 28.7 Å². The lowest BCUT2D eigenvalue weighted by molar-refractivity contribution is 0.0691. The number of fused-ring (bicyclic) bond motifs is 1. The van der Waals surface area contributed by atoms with E-state index in [1.54, 1.807) is 6.07 Å². The molecule has 76 valence electrons. The first-order valence-electron chi connectivity index (χ1n) is 4.14. The van der Waals surface area contributed by atoms with Crippen molar-refractivity contribution < 1.29 is 9.90 Å². The molecule has 0 fully saturated rings. The van der Waals surface area contributed by atoms with Gasteiger partial charge >= 0.3 is 5.97 Å². The van der Waals surface area contributed by atoms with Gasteiger partial charge in [0.25, 0.3) is 0 Å². The van der Waals surface area contributed by atoms with Crippen molar-refractivity contribution in [3.8, 4) is 0 Å². The van der Waals surface area contributed by atoms with Crippen molar-refractivity contribution in [1.82, 2.24) is 4.98 Å². The number of aromatic nitrogens is 1. The van der Waals surface area contributed by atoms with Crippen LogP contribution in [0.2, 0.25) is 0 Å². The molecule has 0 spiro atoms. The van der Waals surface area contributed by atoms with E-state index in [1.165, 1.54) is 6.07 Å². The first-order chi connectivity index (χ1) is 7.08. The summed E-state index contributed by atoms with van der Waals surface area (Å²) < 4.78 is 1.44. The molecule has 0 saturated heterocycles. The Morgan fingerprint density at radius 2 is 2.13 bits per heavy atom. The van der Waals surface area contributed by atoms with E-state index in [0.29, 0.717) is 4.51 Å². The van der Waals surface area contributed by atoms with Crippen molar-refractivity contribution in [2.45, 2.75) is 0 Å². The predicted octanol–water partition coefficient (Wildman–Crippen LogP) is 3.36. The number of pyridine rings is 1.